The van der Waals surface area contributed by atoms with Gasteiger partial charge in [-0.15, -0.1) is 0 Å². The van der Waals surface area contributed by atoms with Gasteiger partial charge in [-0.3, -0.25) is 0 Å². The van der Waals surface area contributed by atoms with Crippen molar-refractivity contribution in [3.63, 3.8) is 0 Å². The summed E-state index contributed by atoms with van der Waals surface area (Å²) in [5.74, 6) is 1.78. The molecule has 1 aromatic carbocycles. The van der Waals surface area contributed by atoms with Gasteiger partial charge in [-0.25, -0.2) is 0 Å². The van der Waals surface area contributed by atoms with Crippen LogP contribution in [-0.2, 0) is 6.42 Å². The molecule has 0 bridgehead atoms. The molecular formula is C13H16BrNO. The van der Waals surface area contributed by atoms with Crippen molar-refractivity contribution in [2.45, 2.75) is 31.8 Å². The Morgan fingerprint density at radius 2 is 2.31 bits per heavy atom. The van der Waals surface area contributed by atoms with Crippen LogP contribution in [0.15, 0.2) is 16.6 Å². The van der Waals surface area contributed by atoms with Gasteiger partial charge in [0.2, 0.25) is 0 Å². The van der Waals surface area contributed by atoms with E-state index in [4.69, 9.17) is 4.74 Å². The molecule has 0 aliphatic carbocycles. The molecule has 0 aromatic heterocycles. The molecule has 1 saturated heterocycles. The lowest BCUT2D eigenvalue weighted by molar-refractivity contribution is 0.251. The van der Waals surface area contributed by atoms with Gasteiger partial charge >= 0.3 is 0 Å². The van der Waals surface area contributed by atoms with E-state index in [1.807, 2.05) is 0 Å². The number of ether oxygens (including phenoxy) is 1. The maximum absolute atomic E-state index is 5.96. The van der Waals surface area contributed by atoms with E-state index in [0.29, 0.717) is 12.0 Å². The zero-order valence-electron chi connectivity index (χ0n) is 9.42. The fourth-order valence-corrected chi connectivity index (χ4v) is 3.27. The number of fused-ring (bicyclic) bond motifs is 1. The van der Waals surface area contributed by atoms with Crippen molar-refractivity contribution in [3.8, 4) is 5.75 Å². The molecule has 86 valence electrons. The molecule has 1 aromatic rings. The number of hydrogen-bond donors (Lipinski definition) is 1. The number of hydrogen-bond acceptors (Lipinski definition) is 2. The van der Waals surface area contributed by atoms with E-state index in [9.17, 15) is 0 Å². The predicted molar refractivity (Wildman–Crippen MR) is 68.2 cm³/mol. The lowest BCUT2D eigenvalue weighted by Crippen LogP contribution is -2.09. The lowest BCUT2D eigenvalue weighted by Gasteiger charge is -2.15. The van der Waals surface area contributed by atoms with Gasteiger partial charge in [-0.05, 0) is 43.1 Å². The largest absolute Gasteiger partial charge is 0.490 e. The van der Waals surface area contributed by atoms with Crippen LogP contribution in [0.5, 0.6) is 5.75 Å². The summed E-state index contributed by atoms with van der Waals surface area (Å²) in [5, 5.41) is 3.42. The van der Waals surface area contributed by atoms with Crippen molar-refractivity contribution in [2.24, 2.45) is 0 Å². The van der Waals surface area contributed by atoms with Gasteiger partial charge in [-0.1, -0.05) is 15.9 Å². The minimum Gasteiger partial charge on any atom is -0.490 e. The van der Waals surface area contributed by atoms with Crippen molar-refractivity contribution in [2.75, 3.05) is 13.1 Å². The van der Waals surface area contributed by atoms with Gasteiger partial charge in [0.25, 0.3) is 0 Å². The highest BCUT2D eigenvalue weighted by atomic mass is 79.9. The fourth-order valence-electron chi connectivity index (χ4n) is 2.74. The quantitative estimate of drug-likeness (QED) is 0.855. The van der Waals surface area contributed by atoms with Gasteiger partial charge in [0, 0.05) is 23.4 Å². The Bertz CT molecular complexity index is 413. The van der Waals surface area contributed by atoms with Crippen molar-refractivity contribution in [3.05, 3.63) is 27.7 Å². The first-order valence-corrected chi connectivity index (χ1v) is 6.73. The summed E-state index contributed by atoms with van der Waals surface area (Å²) in [6.07, 6.45) is 2.60. The average Bonchev–Trinajstić information content (AvgIpc) is 2.83. The highest BCUT2D eigenvalue weighted by Crippen LogP contribution is 2.40. The number of rotatable bonds is 1. The maximum Gasteiger partial charge on any atom is 0.126 e. The van der Waals surface area contributed by atoms with Gasteiger partial charge in [0.05, 0.1) is 0 Å². The average molecular weight is 282 g/mol. The van der Waals surface area contributed by atoms with Crippen LogP contribution < -0.4 is 10.1 Å². The third-order valence-electron chi connectivity index (χ3n) is 3.49. The monoisotopic (exact) mass is 281 g/mol. The number of benzene rings is 1. The molecule has 2 unspecified atom stereocenters. The topological polar surface area (TPSA) is 21.3 Å². The molecule has 0 spiro atoms. The van der Waals surface area contributed by atoms with Crippen LogP contribution in [0.25, 0.3) is 0 Å². The molecule has 1 fully saturated rings. The second kappa shape index (κ2) is 4.04. The Morgan fingerprint density at radius 3 is 3.06 bits per heavy atom. The van der Waals surface area contributed by atoms with Gasteiger partial charge < -0.3 is 10.1 Å². The second-order valence-corrected chi connectivity index (χ2v) is 5.72. The molecule has 0 amide bonds. The minimum absolute atomic E-state index is 0.331. The van der Waals surface area contributed by atoms with Gasteiger partial charge in [0.1, 0.15) is 11.9 Å². The van der Waals surface area contributed by atoms with Crippen molar-refractivity contribution in [1.82, 2.24) is 5.32 Å². The van der Waals surface area contributed by atoms with E-state index < -0.39 is 0 Å². The SMILES string of the molecule is CC1Cc2cc(Br)cc(C3CCNC3)c2O1. The van der Waals surface area contributed by atoms with Crippen molar-refractivity contribution < 1.29 is 4.74 Å². The van der Waals surface area contributed by atoms with E-state index in [1.165, 1.54) is 22.0 Å². The van der Waals surface area contributed by atoms with Crippen LogP contribution in [0.3, 0.4) is 0 Å². The highest BCUT2D eigenvalue weighted by molar-refractivity contribution is 9.10. The summed E-state index contributed by atoms with van der Waals surface area (Å²) in [5.41, 5.74) is 2.75. The Labute approximate surface area is 105 Å². The summed E-state index contributed by atoms with van der Waals surface area (Å²) in [4.78, 5) is 0. The van der Waals surface area contributed by atoms with E-state index in [1.54, 1.807) is 0 Å². The van der Waals surface area contributed by atoms with E-state index >= 15 is 0 Å². The molecule has 2 aliphatic rings. The van der Waals surface area contributed by atoms with Gasteiger partial charge in [-0.2, -0.15) is 0 Å². The molecule has 2 aliphatic heterocycles. The van der Waals surface area contributed by atoms with E-state index in [-0.39, 0.29) is 0 Å². The number of nitrogens with one attached hydrogen (secondary N) is 1. The molecule has 3 rings (SSSR count). The van der Waals surface area contributed by atoms with Crippen LogP contribution in [0.2, 0.25) is 0 Å². The Kier molecular flexibility index (Phi) is 2.68. The third-order valence-corrected chi connectivity index (χ3v) is 3.94. The highest BCUT2D eigenvalue weighted by Gasteiger charge is 2.27. The summed E-state index contributed by atoms with van der Waals surface area (Å²) < 4.78 is 7.14. The molecule has 2 nitrogen and oxygen atoms in total. The molecule has 3 heteroatoms. The van der Waals surface area contributed by atoms with E-state index in [2.05, 4.69) is 40.3 Å². The predicted octanol–water partition coefficient (Wildman–Crippen LogP) is 2.85. The Morgan fingerprint density at radius 1 is 1.44 bits per heavy atom. The summed E-state index contributed by atoms with van der Waals surface area (Å²) in [7, 11) is 0. The van der Waals surface area contributed by atoms with Crippen LogP contribution in [0.1, 0.15) is 30.4 Å². The van der Waals surface area contributed by atoms with Crippen LogP contribution in [0, 0.1) is 0 Å². The van der Waals surface area contributed by atoms with Gasteiger partial charge in [0.15, 0.2) is 0 Å². The minimum atomic E-state index is 0.331. The normalized spacial score (nSPS) is 27.9. The summed E-state index contributed by atoms with van der Waals surface area (Å²) in [6.45, 7) is 4.35. The molecule has 0 saturated carbocycles. The van der Waals surface area contributed by atoms with Crippen LogP contribution >= 0.6 is 15.9 Å². The van der Waals surface area contributed by atoms with Crippen molar-refractivity contribution >= 4 is 15.9 Å². The molecule has 2 heterocycles. The standard InChI is InChI=1S/C13H16BrNO/c1-8-4-10-5-11(14)6-12(13(10)16-8)9-2-3-15-7-9/h5-6,8-9,15H,2-4,7H2,1H3. The smallest absolute Gasteiger partial charge is 0.126 e. The Hall–Kier alpha value is -0.540. The lowest BCUT2D eigenvalue weighted by atomic mass is 9.95. The molecule has 1 N–H and O–H groups in total. The summed E-state index contributed by atoms with van der Waals surface area (Å²) in [6, 6.07) is 4.43. The molecule has 2 atom stereocenters. The van der Waals surface area contributed by atoms with Crippen LogP contribution in [0.4, 0.5) is 0 Å². The van der Waals surface area contributed by atoms with E-state index in [0.717, 1.165) is 25.3 Å². The molecule has 16 heavy (non-hydrogen) atoms. The zero-order chi connectivity index (χ0) is 11.1. The first kappa shape index (κ1) is 10.6. The third kappa shape index (κ3) is 1.76. The summed E-state index contributed by atoms with van der Waals surface area (Å²) >= 11 is 3.61. The van der Waals surface area contributed by atoms with Crippen molar-refractivity contribution in [1.29, 1.82) is 0 Å². The zero-order valence-corrected chi connectivity index (χ0v) is 11.0. The maximum atomic E-state index is 5.96. The van der Waals surface area contributed by atoms with Crippen LogP contribution in [-0.4, -0.2) is 19.2 Å². The molecular weight excluding hydrogens is 266 g/mol. The fraction of sp³-hybridized carbons (Fsp3) is 0.538. The number of halogens is 1. The first-order chi connectivity index (χ1) is 7.74. The molecule has 0 radical (unpaired) electrons. The Balaban J connectivity index is 2.04. The second-order valence-electron chi connectivity index (χ2n) is 4.81. The first-order valence-electron chi connectivity index (χ1n) is 5.93.